The molecule has 5 heteroatoms. The van der Waals surface area contributed by atoms with Crippen molar-refractivity contribution in [2.45, 2.75) is 12.8 Å². The van der Waals surface area contributed by atoms with Gasteiger partial charge in [-0.25, -0.2) is 0 Å². The number of aryl methyl sites for hydroxylation is 1. The second-order valence-corrected chi connectivity index (χ2v) is 12.2. The summed E-state index contributed by atoms with van der Waals surface area (Å²) in [5.74, 6) is 0.621. The molecule has 0 spiro atoms. The Kier molecular flexibility index (Phi) is 8.03. The number of methoxy groups -OCH3 is 1. The van der Waals surface area contributed by atoms with Crippen LogP contribution in [0.5, 0.6) is 5.75 Å². The largest absolute Gasteiger partial charge is 0.496 e. The Bertz CT molecular complexity index is 1310. The Labute approximate surface area is 215 Å². The van der Waals surface area contributed by atoms with E-state index in [4.69, 9.17) is 4.74 Å². The number of nitrogens with zero attached hydrogens (tertiary/aromatic N) is 1. The van der Waals surface area contributed by atoms with Gasteiger partial charge in [0.25, 0.3) is 0 Å². The normalized spacial score (nSPS) is 10.9. The summed E-state index contributed by atoms with van der Waals surface area (Å²) in [5, 5.41) is 13.8. The standard InChI is InChI=1S/C30H25BrNO2P/c1-34-29-20-18-23(21-27(29)31)17-19-28(33)30(22-32)35(24-11-5-2-6-12-24,25-13-7-3-8-14-25)26-15-9-4-10-16-26/h2-16,18,20-21H,17,19H2,1H3. The van der Waals surface area contributed by atoms with E-state index in [9.17, 15) is 10.1 Å². The van der Waals surface area contributed by atoms with Crippen LogP contribution in [-0.4, -0.2) is 18.2 Å². The van der Waals surface area contributed by atoms with E-state index in [1.807, 2.05) is 109 Å². The van der Waals surface area contributed by atoms with Crippen molar-refractivity contribution in [1.82, 2.24) is 0 Å². The van der Waals surface area contributed by atoms with Gasteiger partial charge < -0.3 is 4.74 Å². The van der Waals surface area contributed by atoms with Crippen molar-refractivity contribution >= 4 is 49.8 Å². The molecule has 4 aromatic rings. The molecule has 0 bridgehead atoms. The molecule has 0 aliphatic rings. The number of hydrogen-bond donors (Lipinski definition) is 0. The molecule has 4 rings (SSSR count). The molecule has 0 radical (unpaired) electrons. The molecule has 0 heterocycles. The zero-order valence-corrected chi connectivity index (χ0v) is 21.9. The highest BCUT2D eigenvalue weighted by Crippen LogP contribution is 2.46. The van der Waals surface area contributed by atoms with Crippen LogP contribution in [0.3, 0.4) is 0 Å². The first-order valence-corrected chi connectivity index (χ1v) is 13.9. The summed E-state index contributed by atoms with van der Waals surface area (Å²) in [4.78, 5) is 13.9. The summed E-state index contributed by atoms with van der Waals surface area (Å²) >= 11 is 3.52. The third kappa shape index (κ3) is 5.03. The van der Waals surface area contributed by atoms with E-state index in [0.29, 0.717) is 11.7 Å². The molecular formula is C30H25BrNO2P. The highest BCUT2D eigenvalue weighted by atomic mass is 79.9. The van der Waals surface area contributed by atoms with E-state index < -0.39 is 6.89 Å². The molecule has 0 amide bonds. The topological polar surface area (TPSA) is 50.1 Å². The van der Waals surface area contributed by atoms with Gasteiger partial charge in [0.1, 0.15) is 17.1 Å². The minimum atomic E-state index is -2.69. The third-order valence-electron chi connectivity index (χ3n) is 5.99. The molecule has 174 valence electrons. The lowest BCUT2D eigenvalue weighted by Gasteiger charge is -2.30. The highest BCUT2D eigenvalue weighted by molar-refractivity contribution is 9.10. The summed E-state index contributed by atoms with van der Waals surface area (Å²) in [6, 6.07) is 38.2. The van der Waals surface area contributed by atoms with Crippen molar-refractivity contribution in [2.24, 2.45) is 0 Å². The van der Waals surface area contributed by atoms with Gasteiger partial charge in [-0.1, -0.05) is 97.1 Å². The second-order valence-electron chi connectivity index (χ2n) is 8.03. The number of hydrogen-bond acceptors (Lipinski definition) is 3. The molecular weight excluding hydrogens is 517 g/mol. The quantitative estimate of drug-likeness (QED) is 0.271. The Morgan fingerprint density at radius 1 is 0.829 bits per heavy atom. The van der Waals surface area contributed by atoms with Crippen molar-refractivity contribution in [1.29, 1.82) is 5.26 Å². The fourth-order valence-electron chi connectivity index (χ4n) is 4.36. The summed E-state index contributed by atoms with van der Waals surface area (Å²) in [6.45, 7) is -2.69. The summed E-state index contributed by atoms with van der Waals surface area (Å²) in [7, 11) is 1.62. The predicted octanol–water partition coefficient (Wildman–Crippen LogP) is 5.65. The van der Waals surface area contributed by atoms with Gasteiger partial charge in [-0.3, -0.25) is 4.79 Å². The molecule has 4 aromatic carbocycles. The average Bonchev–Trinajstić information content (AvgIpc) is 2.92. The van der Waals surface area contributed by atoms with Gasteiger partial charge >= 0.3 is 0 Å². The molecule has 0 N–H and O–H groups in total. The number of benzene rings is 4. The van der Waals surface area contributed by atoms with E-state index in [1.54, 1.807) is 7.11 Å². The Morgan fingerprint density at radius 3 is 1.71 bits per heavy atom. The maximum absolute atomic E-state index is 13.9. The van der Waals surface area contributed by atoms with E-state index in [0.717, 1.165) is 31.7 Å². The summed E-state index contributed by atoms with van der Waals surface area (Å²) in [6.07, 6.45) is 0.779. The van der Waals surface area contributed by atoms with Crippen LogP contribution in [0.25, 0.3) is 0 Å². The van der Waals surface area contributed by atoms with Crippen LogP contribution in [0, 0.1) is 11.3 Å². The summed E-state index contributed by atoms with van der Waals surface area (Å²) < 4.78 is 6.16. The third-order valence-corrected chi connectivity index (χ3v) is 10.9. The van der Waals surface area contributed by atoms with E-state index in [1.165, 1.54) is 0 Å². The molecule has 0 saturated carbocycles. The van der Waals surface area contributed by atoms with Gasteiger partial charge in [0, 0.05) is 6.42 Å². The minimum Gasteiger partial charge on any atom is -0.496 e. The van der Waals surface area contributed by atoms with Gasteiger partial charge in [0.2, 0.25) is 0 Å². The molecule has 0 unspecified atom stereocenters. The van der Waals surface area contributed by atoms with E-state index in [-0.39, 0.29) is 12.2 Å². The Balaban J connectivity index is 1.91. The number of nitriles is 1. The van der Waals surface area contributed by atoms with Gasteiger partial charge in [-0.05, 0) is 62.8 Å². The van der Waals surface area contributed by atoms with Gasteiger partial charge in [-0.15, -0.1) is 0 Å². The number of carbonyl (C=O) groups excluding carboxylic acids is 1. The monoisotopic (exact) mass is 541 g/mol. The molecule has 35 heavy (non-hydrogen) atoms. The zero-order chi connectivity index (χ0) is 24.7. The van der Waals surface area contributed by atoms with Gasteiger partial charge in [0.15, 0.2) is 5.78 Å². The molecule has 0 saturated heterocycles. The SMILES string of the molecule is COc1ccc(CCC(=O)C(C#N)=P(c2ccccc2)(c2ccccc2)c2ccccc2)cc1Br. The molecule has 3 nitrogen and oxygen atoms in total. The lowest BCUT2D eigenvalue weighted by atomic mass is 10.1. The zero-order valence-electron chi connectivity index (χ0n) is 19.4. The maximum atomic E-state index is 13.9. The number of Topliss-reactive ketones (excluding diaryl/α,β-unsaturated/α-hetero) is 1. The number of carbonyl (C=O) groups is 1. The van der Waals surface area contributed by atoms with Crippen molar-refractivity contribution in [3.8, 4) is 11.8 Å². The highest BCUT2D eigenvalue weighted by Gasteiger charge is 2.33. The number of rotatable bonds is 8. The molecule has 0 aliphatic heterocycles. The van der Waals surface area contributed by atoms with E-state index in [2.05, 4.69) is 22.0 Å². The van der Waals surface area contributed by atoms with Crippen LogP contribution in [-0.2, 0) is 11.2 Å². The van der Waals surface area contributed by atoms with Gasteiger partial charge in [-0.2, -0.15) is 5.26 Å². The second kappa shape index (κ2) is 11.4. The smallest absolute Gasteiger partial charge is 0.174 e. The van der Waals surface area contributed by atoms with Crippen LogP contribution in [0.15, 0.2) is 114 Å². The minimum absolute atomic E-state index is 0.121. The van der Waals surface area contributed by atoms with Crippen molar-refractivity contribution in [2.75, 3.05) is 7.11 Å². The Morgan fingerprint density at radius 2 is 1.31 bits per heavy atom. The molecule has 0 aromatic heterocycles. The first-order chi connectivity index (χ1) is 17.1. The molecule has 0 atom stereocenters. The lowest BCUT2D eigenvalue weighted by Crippen LogP contribution is -2.33. The van der Waals surface area contributed by atoms with Crippen molar-refractivity contribution < 1.29 is 9.53 Å². The van der Waals surface area contributed by atoms with Crippen LogP contribution in [0.1, 0.15) is 12.0 Å². The first-order valence-electron chi connectivity index (χ1n) is 11.3. The fraction of sp³-hybridized carbons (Fsp3) is 0.100. The van der Waals surface area contributed by atoms with E-state index >= 15 is 0 Å². The fourth-order valence-corrected chi connectivity index (χ4v) is 9.11. The van der Waals surface area contributed by atoms with Crippen LogP contribution < -0.4 is 20.7 Å². The van der Waals surface area contributed by atoms with Crippen LogP contribution in [0.4, 0.5) is 0 Å². The van der Waals surface area contributed by atoms with Crippen molar-refractivity contribution in [3.05, 3.63) is 119 Å². The first kappa shape index (κ1) is 24.7. The average molecular weight is 542 g/mol. The van der Waals surface area contributed by atoms with Crippen LogP contribution >= 0.6 is 22.8 Å². The number of ether oxygens (including phenoxy) is 1. The number of halogens is 1. The summed E-state index contributed by atoms with van der Waals surface area (Å²) in [5.41, 5.74) is 1.01. The number of ketones is 1. The predicted molar refractivity (Wildman–Crippen MR) is 150 cm³/mol. The Hall–Kier alpha value is -3.38. The lowest BCUT2D eigenvalue weighted by molar-refractivity contribution is -0.112. The molecule has 0 aliphatic carbocycles. The molecule has 0 fully saturated rings. The van der Waals surface area contributed by atoms with Crippen LogP contribution in [0.2, 0.25) is 0 Å². The maximum Gasteiger partial charge on any atom is 0.174 e. The van der Waals surface area contributed by atoms with Gasteiger partial charge in [0.05, 0.1) is 11.6 Å². The van der Waals surface area contributed by atoms with Crippen molar-refractivity contribution in [3.63, 3.8) is 0 Å².